The second kappa shape index (κ2) is 7.30. The minimum atomic E-state index is -4.86. The van der Waals surface area contributed by atoms with Crippen molar-refractivity contribution in [2.24, 2.45) is 0 Å². The molecule has 1 heterocycles. The third-order valence-corrected chi connectivity index (χ3v) is 3.37. The minimum Gasteiger partial charge on any atom is -0.404 e. The number of carbonyl (C=O) groups excluding carboxylic acids is 2. The van der Waals surface area contributed by atoms with Crippen LogP contribution in [0.15, 0.2) is 29.6 Å². The van der Waals surface area contributed by atoms with Crippen LogP contribution in [-0.4, -0.2) is 23.2 Å². The van der Waals surface area contributed by atoms with Gasteiger partial charge in [0.05, 0.1) is 17.8 Å². The maximum absolute atomic E-state index is 12.3. The molecule has 2 rings (SSSR count). The van der Waals surface area contributed by atoms with Gasteiger partial charge in [-0.3, -0.25) is 9.59 Å². The van der Waals surface area contributed by atoms with E-state index in [0.717, 1.165) is 17.4 Å². The smallest absolute Gasteiger partial charge is 0.404 e. The van der Waals surface area contributed by atoms with Crippen molar-refractivity contribution >= 4 is 34.0 Å². The number of hydrogen-bond acceptors (Lipinski definition) is 5. The Bertz CT molecular complexity index is 746. The number of benzene rings is 1. The van der Waals surface area contributed by atoms with Crippen LogP contribution in [0.25, 0.3) is 0 Å². The summed E-state index contributed by atoms with van der Waals surface area (Å²) in [4.78, 5) is 26.9. The van der Waals surface area contributed by atoms with E-state index in [-0.39, 0.29) is 18.0 Å². The molecular formula is C14H12F3N3O3S. The summed E-state index contributed by atoms with van der Waals surface area (Å²) in [6, 6.07) is 5.22. The van der Waals surface area contributed by atoms with Crippen LogP contribution in [0.1, 0.15) is 12.6 Å². The third kappa shape index (κ3) is 5.54. The van der Waals surface area contributed by atoms with Crippen molar-refractivity contribution in [3.63, 3.8) is 0 Å². The molecule has 10 heteroatoms. The molecule has 0 spiro atoms. The number of carbonyl (C=O) groups is 2. The van der Waals surface area contributed by atoms with Gasteiger partial charge in [0.2, 0.25) is 11.8 Å². The number of hydrogen-bond donors (Lipinski definition) is 2. The highest BCUT2D eigenvalue weighted by atomic mass is 32.1. The lowest BCUT2D eigenvalue weighted by atomic mass is 10.2. The number of thiazole rings is 1. The predicted octanol–water partition coefficient (Wildman–Crippen LogP) is 3.18. The van der Waals surface area contributed by atoms with Gasteiger partial charge in [0, 0.05) is 12.3 Å². The Morgan fingerprint density at radius 2 is 1.96 bits per heavy atom. The maximum atomic E-state index is 12.3. The quantitative estimate of drug-likeness (QED) is 0.859. The van der Waals surface area contributed by atoms with Gasteiger partial charge in [-0.25, -0.2) is 4.98 Å². The van der Waals surface area contributed by atoms with Crippen molar-refractivity contribution in [1.29, 1.82) is 0 Å². The van der Waals surface area contributed by atoms with Crippen molar-refractivity contribution in [2.75, 3.05) is 10.6 Å². The van der Waals surface area contributed by atoms with Gasteiger partial charge in [0.1, 0.15) is 0 Å². The summed E-state index contributed by atoms with van der Waals surface area (Å²) in [5.41, 5.74) is 0.285. The fourth-order valence-corrected chi connectivity index (χ4v) is 2.49. The first-order chi connectivity index (χ1) is 11.2. The molecule has 1 aromatic carbocycles. The van der Waals surface area contributed by atoms with E-state index in [1.807, 2.05) is 0 Å². The molecule has 1 aromatic heterocycles. The monoisotopic (exact) mass is 359 g/mol. The Balaban J connectivity index is 2.02. The number of anilines is 2. The van der Waals surface area contributed by atoms with E-state index in [0.29, 0.717) is 10.8 Å². The standard InChI is InChI=1S/C14H12F3N3O3S/c1-8(21)18-13-19-9(7-24-13)6-12(22)20-10-4-2-3-5-11(10)23-14(15,16)17/h2-5,7H,6H2,1H3,(H,20,22)(H,18,19,21). The first-order valence-corrected chi connectivity index (χ1v) is 7.47. The first-order valence-electron chi connectivity index (χ1n) is 6.59. The summed E-state index contributed by atoms with van der Waals surface area (Å²) in [5, 5.41) is 6.73. The van der Waals surface area contributed by atoms with Crippen molar-refractivity contribution < 1.29 is 27.5 Å². The molecule has 0 fully saturated rings. The minimum absolute atomic E-state index is 0.0999. The van der Waals surface area contributed by atoms with E-state index in [1.54, 1.807) is 5.38 Å². The summed E-state index contributed by atoms with van der Waals surface area (Å²) in [7, 11) is 0. The molecule has 24 heavy (non-hydrogen) atoms. The molecule has 0 unspecified atom stereocenters. The summed E-state index contributed by atoms with van der Waals surface area (Å²) in [6.45, 7) is 1.32. The lowest BCUT2D eigenvalue weighted by Crippen LogP contribution is -2.20. The lowest BCUT2D eigenvalue weighted by Gasteiger charge is -2.13. The maximum Gasteiger partial charge on any atom is 0.573 e. The second-order valence-electron chi connectivity index (χ2n) is 4.59. The average Bonchev–Trinajstić information content (AvgIpc) is 2.85. The molecule has 0 bridgehead atoms. The Kier molecular flexibility index (Phi) is 5.39. The normalized spacial score (nSPS) is 11.0. The van der Waals surface area contributed by atoms with Crippen LogP contribution in [-0.2, 0) is 16.0 Å². The molecule has 6 nitrogen and oxygen atoms in total. The van der Waals surface area contributed by atoms with Gasteiger partial charge in [0.25, 0.3) is 0 Å². The number of rotatable bonds is 5. The number of ether oxygens (including phenoxy) is 1. The Morgan fingerprint density at radius 1 is 1.25 bits per heavy atom. The number of halogens is 3. The zero-order chi connectivity index (χ0) is 17.7. The van der Waals surface area contributed by atoms with Gasteiger partial charge in [-0.15, -0.1) is 24.5 Å². The molecule has 2 aromatic rings. The third-order valence-electron chi connectivity index (χ3n) is 2.56. The van der Waals surface area contributed by atoms with Gasteiger partial charge in [0.15, 0.2) is 10.9 Å². The van der Waals surface area contributed by atoms with E-state index in [9.17, 15) is 22.8 Å². The average molecular weight is 359 g/mol. The van der Waals surface area contributed by atoms with Crippen molar-refractivity contribution in [2.45, 2.75) is 19.7 Å². The molecule has 2 N–H and O–H groups in total. The Morgan fingerprint density at radius 3 is 2.62 bits per heavy atom. The molecule has 0 radical (unpaired) electrons. The molecule has 0 saturated heterocycles. The molecule has 2 amide bonds. The van der Waals surface area contributed by atoms with Gasteiger partial charge in [-0.2, -0.15) is 0 Å². The zero-order valence-electron chi connectivity index (χ0n) is 12.3. The van der Waals surface area contributed by atoms with E-state index in [4.69, 9.17) is 0 Å². The molecule has 0 aliphatic carbocycles. The van der Waals surface area contributed by atoms with E-state index in [1.165, 1.54) is 25.1 Å². The Hall–Kier alpha value is -2.62. The fraction of sp³-hybridized carbons (Fsp3) is 0.214. The number of para-hydroxylation sites is 2. The van der Waals surface area contributed by atoms with Gasteiger partial charge < -0.3 is 15.4 Å². The predicted molar refractivity (Wildman–Crippen MR) is 81.9 cm³/mol. The lowest BCUT2D eigenvalue weighted by molar-refractivity contribution is -0.274. The number of nitrogens with one attached hydrogen (secondary N) is 2. The zero-order valence-corrected chi connectivity index (χ0v) is 13.1. The van der Waals surface area contributed by atoms with Gasteiger partial charge in [-0.1, -0.05) is 12.1 Å². The summed E-state index contributed by atoms with van der Waals surface area (Å²) in [6.07, 6.45) is -5.01. The van der Waals surface area contributed by atoms with Crippen LogP contribution >= 0.6 is 11.3 Å². The highest BCUT2D eigenvalue weighted by molar-refractivity contribution is 7.13. The largest absolute Gasteiger partial charge is 0.573 e. The summed E-state index contributed by atoms with van der Waals surface area (Å²) < 4.78 is 40.9. The fourth-order valence-electron chi connectivity index (χ4n) is 1.74. The number of aromatic nitrogens is 1. The molecule has 0 aliphatic rings. The molecule has 0 aliphatic heterocycles. The molecule has 0 saturated carbocycles. The van der Waals surface area contributed by atoms with Gasteiger partial charge >= 0.3 is 6.36 Å². The van der Waals surface area contributed by atoms with Crippen LogP contribution in [0.4, 0.5) is 24.0 Å². The number of nitrogens with zero attached hydrogens (tertiary/aromatic N) is 1. The molecule has 128 valence electrons. The number of amides is 2. The second-order valence-corrected chi connectivity index (χ2v) is 5.45. The van der Waals surface area contributed by atoms with E-state index < -0.39 is 18.0 Å². The molecular weight excluding hydrogens is 347 g/mol. The highest BCUT2D eigenvalue weighted by Crippen LogP contribution is 2.30. The highest BCUT2D eigenvalue weighted by Gasteiger charge is 2.32. The first kappa shape index (κ1) is 17.7. The van der Waals surface area contributed by atoms with Crippen molar-refractivity contribution in [1.82, 2.24) is 4.98 Å². The van der Waals surface area contributed by atoms with Crippen LogP contribution in [0.5, 0.6) is 5.75 Å². The SMILES string of the molecule is CC(=O)Nc1nc(CC(=O)Nc2ccccc2OC(F)(F)F)cs1. The van der Waals surface area contributed by atoms with Gasteiger partial charge in [-0.05, 0) is 12.1 Å². The van der Waals surface area contributed by atoms with Crippen molar-refractivity contribution in [3.05, 3.63) is 35.3 Å². The van der Waals surface area contributed by atoms with Crippen LogP contribution < -0.4 is 15.4 Å². The summed E-state index contributed by atoms with van der Waals surface area (Å²) >= 11 is 1.14. The number of alkyl halides is 3. The van der Waals surface area contributed by atoms with E-state index in [2.05, 4.69) is 20.4 Å². The van der Waals surface area contributed by atoms with Crippen LogP contribution in [0, 0.1) is 0 Å². The topological polar surface area (TPSA) is 80.3 Å². The van der Waals surface area contributed by atoms with Crippen LogP contribution in [0.3, 0.4) is 0 Å². The van der Waals surface area contributed by atoms with E-state index >= 15 is 0 Å². The van der Waals surface area contributed by atoms with Crippen molar-refractivity contribution in [3.8, 4) is 5.75 Å². The summed E-state index contributed by atoms with van der Waals surface area (Å²) in [5.74, 6) is -1.36. The Labute approximate surface area is 138 Å². The van der Waals surface area contributed by atoms with Crippen LogP contribution in [0.2, 0.25) is 0 Å². The molecule has 0 atom stereocenters.